The van der Waals surface area contributed by atoms with Gasteiger partial charge in [0.15, 0.2) is 4.32 Å². The predicted octanol–water partition coefficient (Wildman–Crippen LogP) is 5.86. The highest BCUT2D eigenvalue weighted by molar-refractivity contribution is 9.10. The minimum atomic E-state index is -0.0441. The van der Waals surface area contributed by atoms with E-state index in [1.165, 1.54) is 17.3 Å². The highest BCUT2D eigenvalue weighted by Gasteiger charge is 2.35. The Bertz CT molecular complexity index is 871. The van der Waals surface area contributed by atoms with Gasteiger partial charge in [0, 0.05) is 4.47 Å². The molecule has 24 heavy (non-hydrogen) atoms. The topological polar surface area (TPSA) is 20.3 Å². The van der Waals surface area contributed by atoms with Gasteiger partial charge in [0.1, 0.15) is 0 Å². The first-order valence-electron chi connectivity index (χ1n) is 7.49. The largest absolute Gasteiger partial charge is 0.271 e. The molecule has 2 nitrogen and oxygen atoms in total. The highest BCUT2D eigenvalue weighted by atomic mass is 79.9. The zero-order valence-electron chi connectivity index (χ0n) is 13.6. The van der Waals surface area contributed by atoms with Gasteiger partial charge < -0.3 is 0 Å². The van der Waals surface area contributed by atoms with Gasteiger partial charge in [0.05, 0.1) is 10.6 Å². The summed E-state index contributed by atoms with van der Waals surface area (Å²) < 4.78 is 1.60. The monoisotopic (exact) mass is 417 g/mol. The summed E-state index contributed by atoms with van der Waals surface area (Å²) in [5.74, 6) is -0.0441. The number of hydrogen-bond acceptors (Lipinski definition) is 3. The highest BCUT2D eigenvalue weighted by Crippen LogP contribution is 2.40. The maximum atomic E-state index is 13.0. The quantitative estimate of drug-likeness (QED) is 0.450. The fraction of sp³-hybridized carbons (Fsp3) is 0.158. The molecule has 1 amide bonds. The summed E-state index contributed by atoms with van der Waals surface area (Å²) >= 11 is 10.3. The van der Waals surface area contributed by atoms with Crippen molar-refractivity contribution < 1.29 is 4.79 Å². The lowest BCUT2D eigenvalue weighted by atomic mass is 10.1. The summed E-state index contributed by atoms with van der Waals surface area (Å²) in [6.07, 6.45) is 0. The van der Waals surface area contributed by atoms with E-state index in [4.69, 9.17) is 12.2 Å². The number of rotatable bonds is 2. The minimum Gasteiger partial charge on any atom is -0.268 e. The molecule has 0 aromatic heterocycles. The molecule has 0 bridgehead atoms. The molecule has 0 aliphatic carbocycles. The summed E-state index contributed by atoms with van der Waals surface area (Å²) in [5, 5.41) is 0. The molecule has 0 radical (unpaired) electrons. The average Bonchev–Trinajstić information content (AvgIpc) is 2.83. The van der Waals surface area contributed by atoms with Gasteiger partial charge in [0.2, 0.25) is 0 Å². The summed E-state index contributed by atoms with van der Waals surface area (Å²) in [6.45, 7) is 6.02. The third kappa shape index (κ3) is 3.21. The van der Waals surface area contributed by atoms with E-state index in [1.54, 1.807) is 4.90 Å². The van der Waals surface area contributed by atoms with E-state index in [-0.39, 0.29) is 5.91 Å². The molecule has 122 valence electrons. The van der Waals surface area contributed by atoms with Crippen LogP contribution in [0.5, 0.6) is 0 Å². The molecule has 5 heteroatoms. The van der Waals surface area contributed by atoms with Crippen molar-refractivity contribution in [3.8, 4) is 0 Å². The number of allylic oxidation sites excluding steroid dienone is 1. The number of nitrogens with zero attached hydrogens (tertiary/aromatic N) is 1. The van der Waals surface area contributed by atoms with Crippen LogP contribution in [0.1, 0.15) is 23.6 Å². The van der Waals surface area contributed by atoms with Crippen molar-refractivity contribution in [2.45, 2.75) is 20.8 Å². The molecule has 1 aliphatic heterocycles. The van der Waals surface area contributed by atoms with Crippen LogP contribution in [0, 0.1) is 13.8 Å². The number of aryl methyl sites for hydroxylation is 2. The molecule has 1 heterocycles. The molecule has 1 saturated heterocycles. The molecule has 1 aliphatic rings. The van der Waals surface area contributed by atoms with Gasteiger partial charge in [-0.3, -0.25) is 9.69 Å². The van der Waals surface area contributed by atoms with Crippen molar-refractivity contribution >= 4 is 61.4 Å². The van der Waals surface area contributed by atoms with Crippen LogP contribution in [0.15, 0.2) is 51.8 Å². The molecular weight excluding hydrogens is 402 g/mol. The van der Waals surface area contributed by atoms with E-state index < -0.39 is 0 Å². The molecule has 0 unspecified atom stereocenters. The Balaban J connectivity index is 2.02. The van der Waals surface area contributed by atoms with Crippen LogP contribution < -0.4 is 4.90 Å². The summed E-state index contributed by atoms with van der Waals surface area (Å²) in [6, 6.07) is 14.0. The molecule has 3 rings (SSSR count). The van der Waals surface area contributed by atoms with Crippen molar-refractivity contribution in [1.82, 2.24) is 0 Å². The van der Waals surface area contributed by atoms with Crippen LogP contribution in [0.3, 0.4) is 0 Å². The Hall–Kier alpha value is -1.43. The Morgan fingerprint density at radius 2 is 1.79 bits per heavy atom. The van der Waals surface area contributed by atoms with Crippen LogP contribution in [0.2, 0.25) is 0 Å². The summed E-state index contributed by atoms with van der Waals surface area (Å²) in [4.78, 5) is 15.3. The van der Waals surface area contributed by atoms with E-state index in [0.717, 1.165) is 26.9 Å². The van der Waals surface area contributed by atoms with Gasteiger partial charge in [-0.2, -0.15) is 0 Å². The number of thioether (sulfide) groups is 1. The first kappa shape index (κ1) is 17.4. The van der Waals surface area contributed by atoms with Crippen LogP contribution >= 0.6 is 39.9 Å². The standard InChI is InChI=1S/C19H16BrNOS2/c1-11-4-9-16(12(2)10-11)21-18(22)17(24-19(21)23)13(3)14-5-7-15(20)8-6-14/h4-10H,1-3H3/b17-13-. The number of benzene rings is 2. The second-order valence-electron chi connectivity index (χ2n) is 5.76. The van der Waals surface area contributed by atoms with E-state index in [9.17, 15) is 4.79 Å². The van der Waals surface area contributed by atoms with E-state index in [1.807, 2.05) is 57.2 Å². The molecular formula is C19H16BrNOS2. The zero-order valence-corrected chi connectivity index (χ0v) is 16.8. The van der Waals surface area contributed by atoms with Crippen molar-refractivity contribution in [2.24, 2.45) is 0 Å². The Labute approximate surface area is 160 Å². The normalized spacial score (nSPS) is 16.8. The van der Waals surface area contributed by atoms with Crippen molar-refractivity contribution in [1.29, 1.82) is 0 Å². The number of anilines is 1. The zero-order chi connectivity index (χ0) is 17.4. The molecule has 0 saturated carbocycles. The van der Waals surface area contributed by atoms with Crippen LogP contribution in [-0.2, 0) is 4.79 Å². The SMILES string of the molecule is C/C(=C1/SC(=S)N(c2ccc(C)cc2C)C1=O)c1ccc(Br)cc1. The Morgan fingerprint density at radius 1 is 1.12 bits per heavy atom. The number of hydrogen-bond donors (Lipinski definition) is 0. The predicted molar refractivity (Wildman–Crippen MR) is 110 cm³/mol. The van der Waals surface area contributed by atoms with Gasteiger partial charge in [-0.15, -0.1) is 0 Å². The number of halogens is 1. The third-order valence-corrected chi connectivity index (χ3v) is 5.98. The lowest BCUT2D eigenvalue weighted by Gasteiger charge is -2.17. The average molecular weight is 418 g/mol. The van der Waals surface area contributed by atoms with Crippen LogP contribution in [0.25, 0.3) is 5.57 Å². The smallest absolute Gasteiger partial charge is 0.268 e. The molecule has 1 fully saturated rings. The van der Waals surface area contributed by atoms with E-state index in [2.05, 4.69) is 22.0 Å². The minimum absolute atomic E-state index is 0.0441. The number of amides is 1. The second kappa shape index (κ2) is 6.82. The molecule has 2 aromatic carbocycles. The van der Waals surface area contributed by atoms with Gasteiger partial charge in [-0.05, 0) is 55.7 Å². The second-order valence-corrected chi connectivity index (χ2v) is 8.32. The van der Waals surface area contributed by atoms with Gasteiger partial charge in [-0.25, -0.2) is 0 Å². The molecule has 0 spiro atoms. The van der Waals surface area contributed by atoms with E-state index in [0.29, 0.717) is 9.23 Å². The maximum Gasteiger partial charge on any atom is 0.271 e. The molecule has 0 atom stereocenters. The van der Waals surface area contributed by atoms with Crippen molar-refractivity contribution in [2.75, 3.05) is 4.90 Å². The van der Waals surface area contributed by atoms with Gasteiger partial charge in [0.25, 0.3) is 5.91 Å². The first-order valence-corrected chi connectivity index (χ1v) is 9.50. The van der Waals surface area contributed by atoms with Crippen LogP contribution in [-0.4, -0.2) is 10.2 Å². The number of carbonyl (C=O) groups excluding carboxylic acids is 1. The van der Waals surface area contributed by atoms with Crippen LogP contribution in [0.4, 0.5) is 5.69 Å². The number of carbonyl (C=O) groups is 1. The lowest BCUT2D eigenvalue weighted by Crippen LogP contribution is -2.28. The maximum absolute atomic E-state index is 13.0. The summed E-state index contributed by atoms with van der Waals surface area (Å²) in [5.41, 5.74) is 5.06. The fourth-order valence-electron chi connectivity index (χ4n) is 2.69. The third-order valence-electron chi connectivity index (χ3n) is 3.98. The summed E-state index contributed by atoms with van der Waals surface area (Å²) in [7, 11) is 0. The van der Waals surface area contributed by atoms with Gasteiger partial charge in [-0.1, -0.05) is 69.7 Å². The first-order chi connectivity index (χ1) is 11.4. The van der Waals surface area contributed by atoms with E-state index >= 15 is 0 Å². The Kier molecular flexibility index (Phi) is 4.95. The Morgan fingerprint density at radius 3 is 2.42 bits per heavy atom. The van der Waals surface area contributed by atoms with Crippen molar-refractivity contribution in [3.63, 3.8) is 0 Å². The number of thiocarbonyl (C=S) groups is 1. The van der Waals surface area contributed by atoms with Gasteiger partial charge >= 0.3 is 0 Å². The molecule has 2 aromatic rings. The lowest BCUT2D eigenvalue weighted by molar-refractivity contribution is -0.113. The fourth-order valence-corrected chi connectivity index (χ4v) is 4.29. The molecule has 0 N–H and O–H groups in total. The van der Waals surface area contributed by atoms with Crippen molar-refractivity contribution in [3.05, 3.63) is 68.5 Å².